The predicted octanol–water partition coefficient (Wildman–Crippen LogP) is 0.756. The summed E-state index contributed by atoms with van der Waals surface area (Å²) in [5.41, 5.74) is -1.04. The van der Waals surface area contributed by atoms with Crippen LogP contribution < -0.4 is 0 Å². The van der Waals surface area contributed by atoms with Crippen molar-refractivity contribution < 1.29 is 19.4 Å². The van der Waals surface area contributed by atoms with E-state index < -0.39 is 11.4 Å². The largest absolute Gasteiger partial charge is 0.493 e. The zero-order valence-electron chi connectivity index (χ0n) is 9.03. The van der Waals surface area contributed by atoms with Crippen LogP contribution in [-0.2, 0) is 14.3 Å². The molecule has 4 heteroatoms. The molecule has 0 radical (unpaired) electrons. The Morgan fingerprint density at radius 3 is 2.67 bits per heavy atom. The summed E-state index contributed by atoms with van der Waals surface area (Å²) < 4.78 is 4.85. The van der Waals surface area contributed by atoms with E-state index in [0.29, 0.717) is 5.57 Å². The lowest BCUT2D eigenvalue weighted by molar-refractivity contribution is -0.137. The molecule has 1 aliphatic rings. The highest BCUT2D eigenvalue weighted by Gasteiger charge is 2.39. The lowest BCUT2D eigenvalue weighted by Crippen LogP contribution is -2.41. The molecular weight excluding hydrogens is 196 g/mol. The van der Waals surface area contributed by atoms with Crippen LogP contribution >= 0.6 is 0 Å². The first-order valence-corrected chi connectivity index (χ1v) is 4.61. The molecule has 0 saturated heterocycles. The third kappa shape index (κ3) is 2.33. The Hall–Kier alpha value is -1.42. The van der Waals surface area contributed by atoms with Crippen molar-refractivity contribution in [1.82, 2.24) is 0 Å². The first-order valence-electron chi connectivity index (χ1n) is 4.61. The second kappa shape index (κ2) is 3.98. The summed E-state index contributed by atoms with van der Waals surface area (Å²) in [6.07, 6.45) is 2.71. The molecule has 0 amide bonds. The lowest BCUT2D eigenvalue weighted by atomic mass is 9.85. The minimum atomic E-state index is -1.74. The molecule has 1 unspecified atom stereocenters. The summed E-state index contributed by atoms with van der Waals surface area (Å²) in [6, 6.07) is 0. The van der Waals surface area contributed by atoms with Crippen molar-refractivity contribution in [3.8, 4) is 0 Å². The number of carbonyl (C=O) groups is 2. The number of rotatable bonds is 3. The predicted molar refractivity (Wildman–Crippen MR) is 54.1 cm³/mol. The maximum absolute atomic E-state index is 11.7. The molecule has 0 heterocycles. The van der Waals surface area contributed by atoms with Gasteiger partial charge in [0.2, 0.25) is 5.78 Å². The molecule has 1 N–H and O–H groups in total. The second-order valence-corrected chi connectivity index (χ2v) is 3.73. The van der Waals surface area contributed by atoms with Crippen molar-refractivity contribution in [3.63, 3.8) is 0 Å². The normalized spacial score (nSPS) is 25.7. The Balaban J connectivity index is 3.07. The van der Waals surface area contributed by atoms with Gasteiger partial charge in [-0.3, -0.25) is 9.59 Å². The van der Waals surface area contributed by atoms with Crippen LogP contribution in [0.2, 0.25) is 0 Å². The quantitative estimate of drug-likeness (QED) is 0.746. The van der Waals surface area contributed by atoms with Gasteiger partial charge in [-0.2, -0.15) is 0 Å². The molecule has 1 atom stereocenters. The SMILES string of the molecule is COC1=CC(C)=CC(O)(CC(C)=O)C1=O. The molecule has 1 aliphatic carbocycles. The van der Waals surface area contributed by atoms with Crippen LogP contribution in [0.4, 0.5) is 0 Å². The summed E-state index contributed by atoms with van der Waals surface area (Å²) in [6.45, 7) is 3.07. The number of methoxy groups -OCH3 is 1. The topological polar surface area (TPSA) is 63.6 Å². The van der Waals surface area contributed by atoms with Gasteiger partial charge in [-0.25, -0.2) is 0 Å². The number of hydrogen-bond donors (Lipinski definition) is 1. The Kier molecular flexibility index (Phi) is 3.09. The fraction of sp³-hybridized carbons (Fsp3) is 0.455. The number of hydrogen-bond acceptors (Lipinski definition) is 4. The van der Waals surface area contributed by atoms with E-state index in [9.17, 15) is 14.7 Å². The van der Waals surface area contributed by atoms with Gasteiger partial charge in [-0.15, -0.1) is 0 Å². The van der Waals surface area contributed by atoms with Crippen LogP contribution in [0.3, 0.4) is 0 Å². The van der Waals surface area contributed by atoms with E-state index in [-0.39, 0.29) is 18.0 Å². The van der Waals surface area contributed by atoms with E-state index in [1.54, 1.807) is 6.92 Å². The smallest absolute Gasteiger partial charge is 0.233 e. The number of aliphatic hydroxyl groups is 1. The van der Waals surface area contributed by atoms with Gasteiger partial charge in [0, 0.05) is 6.42 Å². The van der Waals surface area contributed by atoms with Crippen LogP contribution in [0.1, 0.15) is 20.3 Å². The first-order chi connectivity index (χ1) is 6.89. The first kappa shape index (κ1) is 11.7. The average Bonchev–Trinajstić information content (AvgIpc) is 2.09. The van der Waals surface area contributed by atoms with Crippen molar-refractivity contribution in [3.05, 3.63) is 23.5 Å². The van der Waals surface area contributed by atoms with Gasteiger partial charge in [0.05, 0.1) is 7.11 Å². The maximum atomic E-state index is 11.7. The molecule has 0 aliphatic heterocycles. The average molecular weight is 210 g/mol. The Bertz CT molecular complexity index is 365. The molecule has 0 aromatic rings. The van der Waals surface area contributed by atoms with Gasteiger partial charge >= 0.3 is 0 Å². The van der Waals surface area contributed by atoms with E-state index in [1.807, 2.05) is 0 Å². The zero-order chi connectivity index (χ0) is 11.6. The highest BCUT2D eigenvalue weighted by Crippen LogP contribution is 2.26. The molecule has 4 nitrogen and oxygen atoms in total. The van der Waals surface area contributed by atoms with E-state index in [2.05, 4.69) is 0 Å². The van der Waals surface area contributed by atoms with Gasteiger partial charge in [0.1, 0.15) is 5.78 Å². The van der Waals surface area contributed by atoms with Gasteiger partial charge < -0.3 is 9.84 Å². The van der Waals surface area contributed by atoms with Crippen molar-refractivity contribution in [2.75, 3.05) is 7.11 Å². The summed E-state index contributed by atoms with van der Waals surface area (Å²) >= 11 is 0. The number of allylic oxidation sites excluding steroid dienone is 2. The van der Waals surface area contributed by atoms with Gasteiger partial charge in [0.15, 0.2) is 11.4 Å². The van der Waals surface area contributed by atoms with Crippen molar-refractivity contribution >= 4 is 11.6 Å². The van der Waals surface area contributed by atoms with E-state index in [4.69, 9.17) is 4.74 Å². The molecule has 0 aromatic carbocycles. The Labute approximate surface area is 88.2 Å². The second-order valence-electron chi connectivity index (χ2n) is 3.73. The molecule has 0 fully saturated rings. The number of ether oxygens (including phenoxy) is 1. The summed E-state index contributed by atoms with van der Waals surface area (Å²) in [4.78, 5) is 22.7. The highest BCUT2D eigenvalue weighted by molar-refractivity contribution is 6.05. The molecule has 82 valence electrons. The Morgan fingerprint density at radius 2 is 2.20 bits per heavy atom. The maximum Gasteiger partial charge on any atom is 0.233 e. The molecule has 1 rings (SSSR count). The number of Topliss-reactive ketones (excluding diaryl/α,β-unsaturated/α-hetero) is 2. The molecule has 0 spiro atoms. The molecular formula is C11H14O4. The lowest BCUT2D eigenvalue weighted by Gasteiger charge is -2.26. The zero-order valence-corrected chi connectivity index (χ0v) is 9.03. The standard InChI is InChI=1S/C11H14O4/c1-7-4-9(15-3)10(13)11(14,5-7)6-8(2)12/h4-5,14H,6H2,1-3H3. The van der Waals surface area contributed by atoms with Gasteiger partial charge in [-0.05, 0) is 31.6 Å². The van der Waals surface area contributed by atoms with Crippen molar-refractivity contribution in [2.24, 2.45) is 0 Å². The van der Waals surface area contributed by atoms with Crippen LogP contribution in [0, 0.1) is 0 Å². The summed E-state index contributed by atoms with van der Waals surface area (Å²) in [5, 5.41) is 10.0. The van der Waals surface area contributed by atoms with E-state index in [0.717, 1.165) is 0 Å². The Morgan fingerprint density at radius 1 is 1.60 bits per heavy atom. The monoisotopic (exact) mass is 210 g/mol. The molecule has 0 bridgehead atoms. The van der Waals surface area contributed by atoms with Crippen molar-refractivity contribution in [2.45, 2.75) is 25.9 Å². The van der Waals surface area contributed by atoms with Crippen molar-refractivity contribution in [1.29, 1.82) is 0 Å². The summed E-state index contributed by atoms with van der Waals surface area (Å²) in [7, 11) is 1.36. The van der Waals surface area contributed by atoms with Gasteiger partial charge in [-0.1, -0.05) is 0 Å². The van der Waals surface area contributed by atoms with Crippen LogP contribution in [0.15, 0.2) is 23.5 Å². The van der Waals surface area contributed by atoms with E-state index in [1.165, 1.54) is 26.2 Å². The van der Waals surface area contributed by atoms with E-state index >= 15 is 0 Å². The van der Waals surface area contributed by atoms with Crippen LogP contribution in [0.5, 0.6) is 0 Å². The summed E-state index contributed by atoms with van der Waals surface area (Å²) in [5.74, 6) is -0.725. The number of ketones is 2. The fourth-order valence-corrected chi connectivity index (χ4v) is 1.63. The fourth-order valence-electron chi connectivity index (χ4n) is 1.63. The molecule has 15 heavy (non-hydrogen) atoms. The number of carbonyl (C=O) groups excluding carboxylic acids is 2. The third-order valence-electron chi connectivity index (χ3n) is 2.18. The third-order valence-corrected chi connectivity index (χ3v) is 2.18. The minimum absolute atomic E-state index is 0.0822. The molecule has 0 aromatic heterocycles. The highest BCUT2D eigenvalue weighted by atomic mass is 16.5. The van der Waals surface area contributed by atoms with Crippen LogP contribution in [0.25, 0.3) is 0 Å². The molecule has 0 saturated carbocycles. The minimum Gasteiger partial charge on any atom is -0.493 e. The van der Waals surface area contributed by atoms with Crippen LogP contribution in [-0.4, -0.2) is 29.4 Å². The van der Waals surface area contributed by atoms with Gasteiger partial charge in [0.25, 0.3) is 0 Å².